The molecule has 0 heterocycles. The van der Waals surface area contributed by atoms with Crippen molar-refractivity contribution < 1.29 is 8.42 Å². The number of hydrogen-bond donors (Lipinski definition) is 2. The summed E-state index contributed by atoms with van der Waals surface area (Å²) in [6.07, 6.45) is 3.93. The first-order valence-corrected chi connectivity index (χ1v) is 8.05. The summed E-state index contributed by atoms with van der Waals surface area (Å²) >= 11 is 1.72. The first-order valence-electron chi connectivity index (χ1n) is 5.18. The van der Waals surface area contributed by atoms with Gasteiger partial charge in [0, 0.05) is 17.8 Å². The second-order valence-electron chi connectivity index (χ2n) is 3.52. The third-order valence-electron chi connectivity index (χ3n) is 2.72. The van der Waals surface area contributed by atoms with E-state index in [9.17, 15) is 8.42 Å². The van der Waals surface area contributed by atoms with Crippen LogP contribution in [0.4, 0.5) is 0 Å². The van der Waals surface area contributed by atoms with Crippen molar-refractivity contribution in [3.05, 3.63) is 0 Å². The summed E-state index contributed by atoms with van der Waals surface area (Å²) in [6.45, 7) is 4.82. The van der Waals surface area contributed by atoms with Crippen LogP contribution in [-0.4, -0.2) is 38.3 Å². The van der Waals surface area contributed by atoms with E-state index in [1.807, 2.05) is 6.26 Å². The Morgan fingerprint density at radius 3 is 2.20 bits per heavy atom. The summed E-state index contributed by atoms with van der Waals surface area (Å²) in [6, 6.07) is 0. The molecule has 0 unspecified atom stereocenters. The Balaban J connectivity index is 4.34. The average molecular weight is 254 g/mol. The molecule has 0 saturated carbocycles. The first-order chi connectivity index (χ1) is 6.95. The monoisotopic (exact) mass is 254 g/mol. The quantitative estimate of drug-likeness (QED) is 0.671. The molecular formula is C9H22N2O2S2. The van der Waals surface area contributed by atoms with Crippen molar-refractivity contribution >= 4 is 21.8 Å². The van der Waals surface area contributed by atoms with Crippen molar-refractivity contribution in [3.8, 4) is 0 Å². The van der Waals surface area contributed by atoms with Gasteiger partial charge in [0.1, 0.15) is 0 Å². The van der Waals surface area contributed by atoms with E-state index in [0.29, 0.717) is 6.54 Å². The minimum Gasteiger partial charge on any atom is -0.329 e. The zero-order valence-electron chi connectivity index (χ0n) is 9.75. The van der Waals surface area contributed by atoms with Gasteiger partial charge in [-0.3, -0.25) is 0 Å². The van der Waals surface area contributed by atoms with E-state index in [4.69, 9.17) is 5.73 Å². The molecule has 0 spiro atoms. The molecule has 0 rings (SSSR count). The minimum atomic E-state index is -3.18. The van der Waals surface area contributed by atoms with Gasteiger partial charge in [0.2, 0.25) is 10.0 Å². The molecule has 0 atom stereocenters. The average Bonchev–Trinajstić information content (AvgIpc) is 2.21. The van der Waals surface area contributed by atoms with Gasteiger partial charge in [-0.2, -0.15) is 11.8 Å². The van der Waals surface area contributed by atoms with Crippen LogP contribution in [0.1, 0.15) is 26.7 Å². The van der Waals surface area contributed by atoms with E-state index in [2.05, 4.69) is 18.6 Å². The Morgan fingerprint density at radius 1 is 1.33 bits per heavy atom. The van der Waals surface area contributed by atoms with E-state index in [0.717, 1.165) is 12.8 Å². The Hall–Kier alpha value is 0.220. The Morgan fingerprint density at radius 2 is 1.87 bits per heavy atom. The second kappa shape index (κ2) is 6.73. The van der Waals surface area contributed by atoms with E-state index in [-0.39, 0.29) is 17.0 Å². The van der Waals surface area contributed by atoms with Gasteiger partial charge in [-0.25, -0.2) is 13.1 Å². The smallest absolute Gasteiger partial charge is 0.212 e. The van der Waals surface area contributed by atoms with Crippen LogP contribution < -0.4 is 10.5 Å². The fourth-order valence-electron chi connectivity index (χ4n) is 1.33. The molecule has 0 aromatic heterocycles. The minimum absolute atomic E-state index is 0.00485. The van der Waals surface area contributed by atoms with Crippen molar-refractivity contribution in [2.45, 2.75) is 31.4 Å². The number of rotatable bonds is 8. The lowest BCUT2D eigenvalue weighted by Crippen LogP contribution is -2.41. The highest BCUT2D eigenvalue weighted by atomic mass is 32.2. The van der Waals surface area contributed by atoms with Crippen LogP contribution in [0.25, 0.3) is 0 Å². The number of nitrogens with two attached hydrogens (primary N) is 1. The van der Waals surface area contributed by atoms with Crippen molar-refractivity contribution in [2.24, 2.45) is 5.73 Å². The fourth-order valence-corrected chi connectivity index (χ4v) is 3.17. The van der Waals surface area contributed by atoms with Crippen molar-refractivity contribution in [2.75, 3.05) is 25.1 Å². The SMILES string of the molecule is CCC(CC)(CNS(=O)(=O)CCN)SC. The van der Waals surface area contributed by atoms with Gasteiger partial charge in [0.05, 0.1) is 5.75 Å². The predicted molar refractivity (Wildman–Crippen MR) is 67.7 cm³/mol. The molecule has 0 aliphatic carbocycles. The van der Waals surface area contributed by atoms with Crippen LogP contribution in [0.3, 0.4) is 0 Å². The summed E-state index contributed by atoms with van der Waals surface area (Å²) in [5.41, 5.74) is 5.23. The van der Waals surface area contributed by atoms with Gasteiger partial charge in [-0.05, 0) is 19.1 Å². The van der Waals surface area contributed by atoms with Crippen molar-refractivity contribution in [1.29, 1.82) is 0 Å². The summed E-state index contributed by atoms with van der Waals surface area (Å²) in [7, 11) is -3.18. The first kappa shape index (κ1) is 15.2. The van der Waals surface area contributed by atoms with E-state index in [1.165, 1.54) is 0 Å². The number of nitrogens with one attached hydrogen (secondary N) is 1. The highest BCUT2D eigenvalue weighted by Gasteiger charge is 2.26. The molecule has 4 nitrogen and oxygen atoms in total. The summed E-state index contributed by atoms with van der Waals surface area (Å²) in [5, 5.41) is 0. The van der Waals surface area contributed by atoms with Crippen LogP contribution >= 0.6 is 11.8 Å². The highest BCUT2D eigenvalue weighted by molar-refractivity contribution is 8.00. The Kier molecular flexibility index (Phi) is 6.83. The largest absolute Gasteiger partial charge is 0.329 e. The molecule has 3 N–H and O–H groups in total. The molecule has 0 saturated heterocycles. The Labute approximate surface area is 97.4 Å². The standard InChI is InChI=1S/C9H22N2O2S2/c1-4-9(5-2,14-3)8-11-15(12,13)7-6-10/h11H,4-8,10H2,1-3H3. The van der Waals surface area contributed by atoms with E-state index in [1.54, 1.807) is 11.8 Å². The Bertz CT molecular complexity index is 253. The third-order valence-corrected chi connectivity index (χ3v) is 5.67. The maximum Gasteiger partial charge on any atom is 0.212 e. The fraction of sp³-hybridized carbons (Fsp3) is 1.00. The van der Waals surface area contributed by atoms with Gasteiger partial charge >= 0.3 is 0 Å². The topological polar surface area (TPSA) is 72.2 Å². The lowest BCUT2D eigenvalue weighted by Gasteiger charge is -2.29. The maximum atomic E-state index is 11.4. The molecule has 92 valence electrons. The number of hydrogen-bond acceptors (Lipinski definition) is 4. The molecule has 0 radical (unpaired) electrons. The normalized spacial score (nSPS) is 13.1. The third kappa shape index (κ3) is 5.19. The van der Waals surface area contributed by atoms with Crippen molar-refractivity contribution in [3.63, 3.8) is 0 Å². The molecule has 0 aromatic rings. The van der Waals surface area contributed by atoms with Gasteiger partial charge in [0.15, 0.2) is 0 Å². The lowest BCUT2D eigenvalue weighted by molar-refractivity contribution is 0.522. The van der Waals surface area contributed by atoms with Crippen LogP contribution in [0, 0.1) is 0 Å². The molecule has 15 heavy (non-hydrogen) atoms. The van der Waals surface area contributed by atoms with Gasteiger partial charge in [-0.15, -0.1) is 0 Å². The van der Waals surface area contributed by atoms with Crippen LogP contribution in [0.2, 0.25) is 0 Å². The molecular weight excluding hydrogens is 232 g/mol. The van der Waals surface area contributed by atoms with E-state index < -0.39 is 10.0 Å². The highest BCUT2D eigenvalue weighted by Crippen LogP contribution is 2.29. The van der Waals surface area contributed by atoms with Gasteiger partial charge < -0.3 is 5.73 Å². The molecule has 0 amide bonds. The summed E-state index contributed by atoms with van der Waals surface area (Å²) < 4.78 is 25.5. The van der Waals surface area contributed by atoms with Crippen molar-refractivity contribution in [1.82, 2.24) is 4.72 Å². The van der Waals surface area contributed by atoms with Crippen LogP contribution in [-0.2, 0) is 10.0 Å². The molecule has 6 heteroatoms. The summed E-state index contributed by atoms with van der Waals surface area (Å²) in [5.74, 6) is 0.00485. The van der Waals surface area contributed by atoms with Gasteiger partial charge in [0.25, 0.3) is 0 Å². The maximum absolute atomic E-state index is 11.4. The zero-order valence-corrected chi connectivity index (χ0v) is 11.4. The molecule has 0 bridgehead atoms. The van der Waals surface area contributed by atoms with Crippen LogP contribution in [0.15, 0.2) is 0 Å². The molecule has 0 fully saturated rings. The predicted octanol–water partition coefficient (Wildman–Crippen LogP) is 0.786. The zero-order chi connectivity index (χ0) is 11.9. The van der Waals surface area contributed by atoms with Crippen LogP contribution in [0.5, 0.6) is 0 Å². The second-order valence-corrected chi connectivity index (χ2v) is 6.72. The number of sulfonamides is 1. The molecule has 0 aliphatic rings. The lowest BCUT2D eigenvalue weighted by atomic mass is 10.0. The molecule has 0 aliphatic heterocycles. The van der Waals surface area contributed by atoms with E-state index >= 15 is 0 Å². The summed E-state index contributed by atoms with van der Waals surface area (Å²) in [4.78, 5) is 0. The van der Waals surface area contributed by atoms with Gasteiger partial charge in [-0.1, -0.05) is 13.8 Å². The molecule has 0 aromatic carbocycles. The number of thioether (sulfide) groups is 1.